The minimum absolute atomic E-state index is 0.550. The summed E-state index contributed by atoms with van der Waals surface area (Å²) in [5.74, 6) is 1.04. The molecule has 3 aromatic rings. The Kier molecular flexibility index (Phi) is 4.08. The summed E-state index contributed by atoms with van der Waals surface area (Å²) in [5.41, 5.74) is 5.13. The van der Waals surface area contributed by atoms with Gasteiger partial charge in [0.05, 0.1) is 17.6 Å². The number of nitrogens with one attached hydrogen (secondary N) is 1. The van der Waals surface area contributed by atoms with E-state index in [2.05, 4.69) is 70.3 Å². The van der Waals surface area contributed by atoms with Crippen LogP contribution in [-0.4, -0.2) is 46.4 Å². The molecule has 1 aromatic heterocycles. The summed E-state index contributed by atoms with van der Waals surface area (Å²) in [7, 11) is 4.41. The zero-order valence-corrected chi connectivity index (χ0v) is 14.4. The maximum atomic E-state index is 4.69. The van der Waals surface area contributed by atoms with Crippen molar-refractivity contribution >= 4 is 11.0 Å². The van der Waals surface area contributed by atoms with E-state index in [9.17, 15) is 0 Å². The Hall–Kier alpha value is -2.17. The normalized spacial score (nSPS) is 18.2. The largest absolute Gasteiger partial charge is 0.341 e. The number of aromatic amines is 1. The fourth-order valence-electron chi connectivity index (χ4n) is 3.68. The highest BCUT2D eigenvalue weighted by Gasteiger charge is 2.24. The minimum Gasteiger partial charge on any atom is -0.341 e. The molecule has 1 atom stereocenters. The molecule has 4 heteroatoms. The molecule has 124 valence electrons. The number of para-hydroxylation sites is 2. The van der Waals surface area contributed by atoms with Crippen molar-refractivity contribution in [3.63, 3.8) is 0 Å². The first-order chi connectivity index (χ1) is 11.7. The number of imidazole rings is 1. The van der Waals surface area contributed by atoms with Crippen molar-refractivity contribution < 1.29 is 0 Å². The third kappa shape index (κ3) is 3.07. The lowest BCUT2D eigenvalue weighted by Crippen LogP contribution is -2.44. The van der Waals surface area contributed by atoms with Crippen molar-refractivity contribution in [2.45, 2.75) is 25.6 Å². The van der Waals surface area contributed by atoms with Gasteiger partial charge >= 0.3 is 0 Å². The van der Waals surface area contributed by atoms with Crippen LogP contribution in [0.2, 0.25) is 0 Å². The van der Waals surface area contributed by atoms with Crippen molar-refractivity contribution in [3.05, 3.63) is 65.5 Å². The standard InChI is InChI=1S/C20H24N4/c1-23(14-20-21-18-9-5-6-10-19(18)22-20)13-17-11-15-7-3-4-8-16(15)12-24(17)2/h3-10,17H,11-14H2,1-2H3,(H,21,22)/t17-/m1/s1. The van der Waals surface area contributed by atoms with E-state index in [1.165, 1.54) is 11.1 Å². The first-order valence-corrected chi connectivity index (χ1v) is 8.58. The molecule has 24 heavy (non-hydrogen) atoms. The third-order valence-corrected chi connectivity index (χ3v) is 5.00. The second kappa shape index (κ2) is 6.38. The lowest BCUT2D eigenvalue weighted by Gasteiger charge is -2.36. The van der Waals surface area contributed by atoms with Crippen LogP contribution in [-0.2, 0) is 19.5 Å². The number of likely N-dealkylation sites (N-methyl/N-ethyl adjacent to an activating group) is 2. The van der Waals surface area contributed by atoms with Gasteiger partial charge in [-0.1, -0.05) is 36.4 Å². The smallest absolute Gasteiger partial charge is 0.121 e. The summed E-state index contributed by atoms with van der Waals surface area (Å²) in [4.78, 5) is 13.0. The second-order valence-corrected chi connectivity index (χ2v) is 6.94. The number of fused-ring (bicyclic) bond motifs is 2. The molecule has 0 spiro atoms. The Morgan fingerprint density at radius 1 is 1.12 bits per heavy atom. The fraction of sp³-hybridized carbons (Fsp3) is 0.350. The van der Waals surface area contributed by atoms with E-state index < -0.39 is 0 Å². The highest BCUT2D eigenvalue weighted by atomic mass is 15.2. The van der Waals surface area contributed by atoms with Gasteiger partial charge in [-0.05, 0) is 43.8 Å². The van der Waals surface area contributed by atoms with E-state index in [1.54, 1.807) is 0 Å². The van der Waals surface area contributed by atoms with Gasteiger partial charge in [0.2, 0.25) is 0 Å². The average molecular weight is 320 g/mol. The van der Waals surface area contributed by atoms with Crippen molar-refractivity contribution in [2.24, 2.45) is 0 Å². The molecule has 4 nitrogen and oxygen atoms in total. The number of hydrogen-bond acceptors (Lipinski definition) is 3. The number of benzene rings is 2. The summed E-state index contributed by atoms with van der Waals surface area (Å²) in [6, 6.07) is 17.6. The molecule has 0 amide bonds. The topological polar surface area (TPSA) is 35.2 Å². The highest BCUT2D eigenvalue weighted by Crippen LogP contribution is 2.22. The Morgan fingerprint density at radius 2 is 1.88 bits per heavy atom. The molecule has 0 unspecified atom stereocenters. The molecular formula is C20H24N4. The zero-order chi connectivity index (χ0) is 16.5. The number of aromatic nitrogens is 2. The van der Waals surface area contributed by atoms with Crippen LogP contribution in [0.4, 0.5) is 0 Å². The van der Waals surface area contributed by atoms with Crippen LogP contribution in [0.25, 0.3) is 11.0 Å². The summed E-state index contributed by atoms with van der Waals surface area (Å²) in [5, 5.41) is 0. The molecule has 0 aliphatic carbocycles. The molecule has 0 radical (unpaired) electrons. The lowest BCUT2D eigenvalue weighted by atomic mass is 9.94. The van der Waals surface area contributed by atoms with Gasteiger partial charge in [0.25, 0.3) is 0 Å². The van der Waals surface area contributed by atoms with Crippen molar-refractivity contribution in [2.75, 3.05) is 20.6 Å². The van der Waals surface area contributed by atoms with Gasteiger partial charge in [-0.2, -0.15) is 0 Å². The van der Waals surface area contributed by atoms with E-state index in [0.29, 0.717) is 6.04 Å². The van der Waals surface area contributed by atoms with E-state index in [4.69, 9.17) is 0 Å². The van der Waals surface area contributed by atoms with Crippen LogP contribution in [0.15, 0.2) is 48.5 Å². The predicted molar refractivity (Wildman–Crippen MR) is 97.8 cm³/mol. The second-order valence-electron chi connectivity index (χ2n) is 6.94. The van der Waals surface area contributed by atoms with Crippen LogP contribution in [0.1, 0.15) is 17.0 Å². The molecule has 0 fully saturated rings. The van der Waals surface area contributed by atoms with Crippen molar-refractivity contribution in [3.8, 4) is 0 Å². The number of H-pyrrole nitrogens is 1. The minimum atomic E-state index is 0.550. The van der Waals surface area contributed by atoms with Gasteiger partial charge in [-0.15, -0.1) is 0 Å². The Bertz CT molecular complexity index is 805. The third-order valence-electron chi connectivity index (χ3n) is 5.00. The van der Waals surface area contributed by atoms with Crippen LogP contribution >= 0.6 is 0 Å². The highest BCUT2D eigenvalue weighted by molar-refractivity contribution is 5.74. The average Bonchev–Trinajstić information content (AvgIpc) is 2.97. The van der Waals surface area contributed by atoms with Gasteiger partial charge in [0.1, 0.15) is 5.82 Å². The first-order valence-electron chi connectivity index (χ1n) is 8.58. The van der Waals surface area contributed by atoms with Gasteiger partial charge in [0, 0.05) is 19.1 Å². The van der Waals surface area contributed by atoms with Gasteiger partial charge in [-0.3, -0.25) is 9.80 Å². The quantitative estimate of drug-likeness (QED) is 0.802. The molecular weight excluding hydrogens is 296 g/mol. The van der Waals surface area contributed by atoms with Crippen LogP contribution in [0, 0.1) is 0 Å². The molecule has 1 N–H and O–H groups in total. The van der Waals surface area contributed by atoms with E-state index in [-0.39, 0.29) is 0 Å². The summed E-state index contributed by atoms with van der Waals surface area (Å²) in [6.07, 6.45) is 1.12. The summed E-state index contributed by atoms with van der Waals surface area (Å²) in [6.45, 7) is 2.93. The summed E-state index contributed by atoms with van der Waals surface area (Å²) >= 11 is 0. The van der Waals surface area contributed by atoms with E-state index in [0.717, 1.165) is 42.9 Å². The van der Waals surface area contributed by atoms with Crippen molar-refractivity contribution in [1.82, 2.24) is 19.8 Å². The van der Waals surface area contributed by atoms with Gasteiger partial charge in [-0.25, -0.2) is 4.98 Å². The lowest BCUT2D eigenvalue weighted by molar-refractivity contribution is 0.157. The molecule has 0 saturated carbocycles. The first kappa shape index (κ1) is 15.4. The fourth-order valence-corrected chi connectivity index (χ4v) is 3.68. The van der Waals surface area contributed by atoms with Gasteiger partial charge in [0.15, 0.2) is 0 Å². The van der Waals surface area contributed by atoms with Crippen LogP contribution < -0.4 is 0 Å². The molecule has 4 rings (SSSR count). The molecule has 2 aromatic carbocycles. The maximum Gasteiger partial charge on any atom is 0.121 e. The van der Waals surface area contributed by atoms with Crippen molar-refractivity contribution in [1.29, 1.82) is 0 Å². The van der Waals surface area contributed by atoms with Crippen LogP contribution in [0.5, 0.6) is 0 Å². The van der Waals surface area contributed by atoms with E-state index in [1.807, 2.05) is 12.1 Å². The molecule has 0 bridgehead atoms. The number of nitrogens with zero attached hydrogens (tertiary/aromatic N) is 3. The van der Waals surface area contributed by atoms with E-state index >= 15 is 0 Å². The zero-order valence-electron chi connectivity index (χ0n) is 14.4. The predicted octanol–water partition coefficient (Wildman–Crippen LogP) is 3.05. The molecule has 0 saturated heterocycles. The maximum absolute atomic E-state index is 4.69. The molecule has 1 aliphatic heterocycles. The Labute approximate surface area is 143 Å². The number of hydrogen-bond donors (Lipinski definition) is 1. The number of rotatable bonds is 4. The molecule has 1 aliphatic rings. The summed E-state index contributed by atoms with van der Waals surface area (Å²) < 4.78 is 0. The SMILES string of the molecule is CN(Cc1nc2ccccc2[nH]1)C[C@H]1Cc2ccccc2CN1C. The monoisotopic (exact) mass is 320 g/mol. The van der Waals surface area contributed by atoms with Crippen LogP contribution in [0.3, 0.4) is 0 Å². The Balaban J connectivity index is 1.43. The Morgan fingerprint density at radius 3 is 2.71 bits per heavy atom. The molecule has 2 heterocycles. The van der Waals surface area contributed by atoms with Gasteiger partial charge < -0.3 is 4.98 Å².